The fourth-order valence-corrected chi connectivity index (χ4v) is 4.77. The number of fused-ring (bicyclic) bond motifs is 1. The number of hydrogen-bond acceptors (Lipinski definition) is 3. The first kappa shape index (κ1) is 24.0. The molecule has 1 heterocycles. The number of carbonyl (C=O) groups excluding carboxylic acids is 2. The highest BCUT2D eigenvalue weighted by atomic mass is 19.1. The summed E-state index contributed by atoms with van der Waals surface area (Å²) in [5.74, 6) is 0.402. The molecule has 0 radical (unpaired) electrons. The summed E-state index contributed by atoms with van der Waals surface area (Å²) in [6.45, 7) is 4.76. The maximum Gasteiger partial charge on any atom is 0.261 e. The van der Waals surface area contributed by atoms with Gasteiger partial charge in [-0.2, -0.15) is 0 Å². The number of hydrogen-bond donors (Lipinski definition) is 1. The van der Waals surface area contributed by atoms with Crippen LogP contribution in [0.3, 0.4) is 0 Å². The predicted octanol–water partition coefficient (Wildman–Crippen LogP) is 5.10. The van der Waals surface area contributed by atoms with Crippen LogP contribution in [-0.2, 0) is 22.6 Å². The Morgan fingerprint density at radius 3 is 2.47 bits per heavy atom. The summed E-state index contributed by atoms with van der Waals surface area (Å²) in [5.41, 5.74) is 5.31. The molecule has 0 saturated heterocycles. The molecule has 36 heavy (non-hydrogen) atoms. The average molecular weight is 487 g/mol. The van der Waals surface area contributed by atoms with Gasteiger partial charge in [-0.25, -0.2) is 4.39 Å². The summed E-state index contributed by atoms with van der Waals surface area (Å²) in [5, 5.41) is 2.84. The third-order valence-corrected chi connectivity index (χ3v) is 7.01. The lowest BCUT2D eigenvalue weighted by atomic mass is 9.87. The second-order valence-electron chi connectivity index (χ2n) is 9.83. The molecule has 1 fully saturated rings. The van der Waals surface area contributed by atoms with E-state index in [-0.39, 0.29) is 29.6 Å². The Balaban J connectivity index is 1.35. The van der Waals surface area contributed by atoms with Crippen LogP contribution in [0.25, 0.3) is 0 Å². The number of carbonyl (C=O) groups is 2. The maximum atomic E-state index is 13.2. The van der Waals surface area contributed by atoms with Crippen molar-refractivity contribution in [2.75, 3.05) is 6.54 Å². The lowest BCUT2D eigenvalue weighted by Gasteiger charge is -2.38. The van der Waals surface area contributed by atoms with Crippen molar-refractivity contribution < 1.29 is 18.7 Å². The van der Waals surface area contributed by atoms with Crippen LogP contribution in [0.2, 0.25) is 0 Å². The lowest BCUT2D eigenvalue weighted by Crippen LogP contribution is -2.41. The SMILES string of the molecule is Cc1ccc([C@H]2c3cc(O[C@@H](C)C(=O)NCc4ccc(F)cc4)ccc3CCN2C(=O)C2CC2)cc1. The first-order chi connectivity index (χ1) is 17.4. The van der Waals surface area contributed by atoms with E-state index >= 15 is 0 Å². The van der Waals surface area contributed by atoms with Crippen LogP contribution in [0.15, 0.2) is 66.7 Å². The first-order valence-corrected chi connectivity index (χ1v) is 12.6. The summed E-state index contributed by atoms with van der Waals surface area (Å²) in [4.78, 5) is 27.9. The van der Waals surface area contributed by atoms with Crippen molar-refractivity contribution in [1.82, 2.24) is 10.2 Å². The molecule has 3 aromatic carbocycles. The number of amides is 2. The summed E-state index contributed by atoms with van der Waals surface area (Å²) < 4.78 is 19.1. The number of rotatable bonds is 7. The predicted molar refractivity (Wildman–Crippen MR) is 136 cm³/mol. The minimum atomic E-state index is -0.714. The smallest absolute Gasteiger partial charge is 0.261 e. The monoisotopic (exact) mass is 486 g/mol. The fourth-order valence-electron chi connectivity index (χ4n) is 4.77. The van der Waals surface area contributed by atoms with Gasteiger partial charge in [0.15, 0.2) is 6.10 Å². The molecule has 5 nitrogen and oxygen atoms in total. The van der Waals surface area contributed by atoms with E-state index in [2.05, 4.69) is 36.5 Å². The lowest BCUT2D eigenvalue weighted by molar-refractivity contribution is -0.134. The molecule has 0 bridgehead atoms. The molecule has 1 saturated carbocycles. The molecule has 1 N–H and O–H groups in total. The topological polar surface area (TPSA) is 58.6 Å². The minimum absolute atomic E-state index is 0.142. The second-order valence-corrected chi connectivity index (χ2v) is 9.83. The quantitative estimate of drug-likeness (QED) is 0.505. The summed E-state index contributed by atoms with van der Waals surface area (Å²) in [7, 11) is 0. The van der Waals surface area contributed by atoms with Crippen LogP contribution in [-0.4, -0.2) is 29.4 Å². The van der Waals surface area contributed by atoms with E-state index in [0.29, 0.717) is 18.8 Å². The van der Waals surface area contributed by atoms with Gasteiger partial charge in [-0.15, -0.1) is 0 Å². The van der Waals surface area contributed by atoms with E-state index in [9.17, 15) is 14.0 Å². The Kier molecular flexibility index (Phi) is 6.77. The van der Waals surface area contributed by atoms with Gasteiger partial charge in [-0.1, -0.05) is 48.0 Å². The van der Waals surface area contributed by atoms with E-state index in [1.54, 1.807) is 19.1 Å². The molecule has 2 aliphatic rings. The highest BCUT2D eigenvalue weighted by molar-refractivity contribution is 5.82. The average Bonchev–Trinajstić information content (AvgIpc) is 3.73. The van der Waals surface area contributed by atoms with Gasteiger partial charge in [-0.3, -0.25) is 9.59 Å². The van der Waals surface area contributed by atoms with Gasteiger partial charge < -0.3 is 15.0 Å². The van der Waals surface area contributed by atoms with Crippen molar-refractivity contribution in [3.8, 4) is 5.75 Å². The normalized spacial score (nSPS) is 17.8. The van der Waals surface area contributed by atoms with Crippen LogP contribution in [0.1, 0.15) is 53.6 Å². The molecule has 0 spiro atoms. The molecule has 3 aromatic rings. The number of halogens is 1. The largest absolute Gasteiger partial charge is 0.481 e. The molecular formula is C30H31FN2O3. The Labute approximate surface area is 211 Å². The van der Waals surface area contributed by atoms with Gasteiger partial charge >= 0.3 is 0 Å². The number of nitrogens with one attached hydrogen (secondary N) is 1. The molecular weight excluding hydrogens is 455 g/mol. The molecule has 1 aliphatic heterocycles. The summed E-state index contributed by atoms with van der Waals surface area (Å²) >= 11 is 0. The van der Waals surface area contributed by atoms with Gasteiger partial charge in [0.1, 0.15) is 11.6 Å². The van der Waals surface area contributed by atoms with E-state index in [1.165, 1.54) is 23.3 Å². The van der Waals surface area contributed by atoms with Crippen molar-refractivity contribution in [2.24, 2.45) is 5.92 Å². The Bertz CT molecular complexity index is 1250. The van der Waals surface area contributed by atoms with E-state index in [0.717, 1.165) is 36.0 Å². The summed E-state index contributed by atoms with van der Waals surface area (Å²) in [6, 6.07) is 20.1. The molecule has 6 heteroatoms. The number of ether oxygens (including phenoxy) is 1. The molecule has 5 rings (SSSR count). The van der Waals surface area contributed by atoms with Crippen molar-refractivity contribution in [2.45, 2.75) is 51.8 Å². The van der Waals surface area contributed by atoms with Gasteiger partial charge in [0.25, 0.3) is 5.91 Å². The molecule has 2 atom stereocenters. The Hall–Kier alpha value is -3.67. The third kappa shape index (κ3) is 5.27. The number of benzene rings is 3. The fraction of sp³-hybridized carbons (Fsp3) is 0.333. The van der Waals surface area contributed by atoms with Crippen molar-refractivity contribution >= 4 is 11.8 Å². The molecule has 0 aromatic heterocycles. The third-order valence-electron chi connectivity index (χ3n) is 7.01. The van der Waals surface area contributed by atoms with Crippen LogP contribution >= 0.6 is 0 Å². The van der Waals surface area contributed by atoms with Crippen LogP contribution in [0.4, 0.5) is 4.39 Å². The van der Waals surface area contributed by atoms with Gasteiger partial charge in [0.2, 0.25) is 5.91 Å². The zero-order valence-corrected chi connectivity index (χ0v) is 20.7. The van der Waals surface area contributed by atoms with Crippen LogP contribution < -0.4 is 10.1 Å². The number of nitrogens with zero attached hydrogens (tertiary/aromatic N) is 1. The summed E-state index contributed by atoms with van der Waals surface area (Å²) in [6.07, 6.45) is 2.02. The molecule has 0 unspecified atom stereocenters. The molecule has 1 aliphatic carbocycles. The second kappa shape index (κ2) is 10.1. The standard InChI is InChI=1S/C30H31FN2O3/c1-19-3-7-23(8-4-19)28-27-17-26(14-11-22(27)15-16-33(28)30(35)24-9-10-24)36-20(2)29(34)32-18-21-5-12-25(31)13-6-21/h3-8,11-14,17,20,24,28H,9-10,15-16,18H2,1-2H3,(H,32,34)/t20-,28-/m0/s1. The highest BCUT2D eigenvalue weighted by Crippen LogP contribution is 2.41. The molecule has 186 valence electrons. The van der Waals surface area contributed by atoms with Crippen molar-refractivity contribution in [1.29, 1.82) is 0 Å². The van der Waals surface area contributed by atoms with Crippen LogP contribution in [0.5, 0.6) is 5.75 Å². The zero-order chi connectivity index (χ0) is 25.2. The maximum absolute atomic E-state index is 13.2. The highest BCUT2D eigenvalue weighted by Gasteiger charge is 2.39. The van der Waals surface area contributed by atoms with Gasteiger partial charge in [0, 0.05) is 19.0 Å². The molecule has 2 amide bonds. The van der Waals surface area contributed by atoms with E-state index < -0.39 is 6.10 Å². The zero-order valence-electron chi connectivity index (χ0n) is 20.7. The number of aryl methyl sites for hydroxylation is 1. The van der Waals surface area contributed by atoms with Crippen molar-refractivity contribution in [3.63, 3.8) is 0 Å². The van der Waals surface area contributed by atoms with Gasteiger partial charge in [0.05, 0.1) is 6.04 Å². The van der Waals surface area contributed by atoms with Crippen LogP contribution in [0, 0.1) is 18.7 Å². The minimum Gasteiger partial charge on any atom is -0.481 e. The Morgan fingerprint density at radius 1 is 1.06 bits per heavy atom. The first-order valence-electron chi connectivity index (χ1n) is 12.6. The van der Waals surface area contributed by atoms with E-state index in [4.69, 9.17) is 4.74 Å². The Morgan fingerprint density at radius 2 is 1.78 bits per heavy atom. The van der Waals surface area contributed by atoms with E-state index in [1.807, 2.05) is 23.1 Å². The van der Waals surface area contributed by atoms with Crippen molar-refractivity contribution in [3.05, 3.63) is 100 Å². The van der Waals surface area contributed by atoms with Gasteiger partial charge in [-0.05, 0) is 79.6 Å².